The Balaban J connectivity index is 1.55. The maximum atomic E-state index is 12.5. The van der Waals surface area contributed by atoms with Gasteiger partial charge in [-0.25, -0.2) is 0 Å². The summed E-state index contributed by atoms with van der Waals surface area (Å²) >= 11 is 3.67. The van der Waals surface area contributed by atoms with Crippen molar-refractivity contribution in [3.63, 3.8) is 0 Å². The lowest BCUT2D eigenvalue weighted by Gasteiger charge is -2.29. The first-order valence-electron chi connectivity index (χ1n) is 7.62. The van der Waals surface area contributed by atoms with Gasteiger partial charge in [-0.2, -0.15) is 11.8 Å². The molecule has 1 aromatic rings. The number of nitrogens with zero attached hydrogens (tertiary/aromatic N) is 2. The lowest BCUT2D eigenvalue weighted by Crippen LogP contribution is -2.46. The van der Waals surface area contributed by atoms with Gasteiger partial charge >= 0.3 is 0 Å². The zero-order chi connectivity index (χ0) is 14.7. The second-order valence-electron chi connectivity index (χ2n) is 5.68. The summed E-state index contributed by atoms with van der Waals surface area (Å²) in [6.45, 7) is 6.10. The number of thioether (sulfide) groups is 1. The van der Waals surface area contributed by atoms with Crippen molar-refractivity contribution in [3.8, 4) is 0 Å². The Hall–Kier alpha value is -0.560. The Labute approximate surface area is 134 Å². The molecule has 116 valence electrons. The molecule has 0 saturated carbocycles. The van der Waals surface area contributed by atoms with E-state index < -0.39 is 0 Å². The number of hydrogen-bond acceptors (Lipinski definition) is 5. The van der Waals surface area contributed by atoms with Crippen LogP contribution < -0.4 is 5.32 Å². The number of fused-ring (bicyclic) bond motifs is 1. The molecule has 1 N–H and O–H groups in total. The van der Waals surface area contributed by atoms with Crippen molar-refractivity contribution in [3.05, 3.63) is 21.4 Å². The van der Waals surface area contributed by atoms with E-state index >= 15 is 0 Å². The minimum atomic E-state index is 0.189. The van der Waals surface area contributed by atoms with E-state index in [9.17, 15) is 4.79 Å². The highest BCUT2D eigenvalue weighted by molar-refractivity contribution is 7.98. The Morgan fingerprint density at radius 1 is 1.43 bits per heavy atom. The molecule has 6 heteroatoms. The van der Waals surface area contributed by atoms with E-state index in [-0.39, 0.29) is 5.91 Å². The second-order valence-corrected chi connectivity index (χ2v) is 7.92. The minimum Gasteiger partial charge on any atom is -0.340 e. The number of nitrogens with one attached hydrogen (secondary N) is 1. The van der Waals surface area contributed by atoms with Gasteiger partial charge in [-0.15, -0.1) is 11.3 Å². The standard InChI is InChI=1S/C15H23N3OS2/c1-17(7-8-18-5-3-16-4-6-18)15(19)14-10-12-11-20-9-2-13(12)21-14/h10,16H,2-9,11H2,1H3. The lowest BCUT2D eigenvalue weighted by atomic mass is 10.2. The summed E-state index contributed by atoms with van der Waals surface area (Å²) in [5, 5.41) is 3.36. The number of aryl methyl sites for hydroxylation is 1. The molecular formula is C15H23N3OS2. The molecule has 1 fully saturated rings. The highest BCUT2D eigenvalue weighted by Gasteiger charge is 2.20. The molecule has 3 rings (SSSR count). The molecular weight excluding hydrogens is 302 g/mol. The number of hydrogen-bond donors (Lipinski definition) is 1. The molecule has 1 amide bonds. The van der Waals surface area contributed by atoms with E-state index in [1.54, 1.807) is 11.3 Å². The highest BCUT2D eigenvalue weighted by atomic mass is 32.2. The van der Waals surface area contributed by atoms with Gasteiger partial charge in [-0.3, -0.25) is 9.69 Å². The molecule has 0 radical (unpaired) electrons. The average molecular weight is 326 g/mol. The fourth-order valence-electron chi connectivity index (χ4n) is 2.77. The van der Waals surface area contributed by atoms with Gasteiger partial charge in [0.15, 0.2) is 0 Å². The third-order valence-corrected chi connectivity index (χ3v) is 6.38. The first kappa shape index (κ1) is 15.3. The van der Waals surface area contributed by atoms with Gasteiger partial charge in [-0.05, 0) is 23.8 Å². The van der Waals surface area contributed by atoms with Gasteiger partial charge in [0.25, 0.3) is 5.91 Å². The second kappa shape index (κ2) is 7.13. The van der Waals surface area contributed by atoms with Crippen molar-refractivity contribution < 1.29 is 4.79 Å². The predicted octanol–water partition coefficient (Wildman–Crippen LogP) is 1.51. The fourth-order valence-corrected chi connectivity index (χ4v) is 5.14. The number of carbonyl (C=O) groups excluding carboxylic acids is 1. The van der Waals surface area contributed by atoms with Gasteiger partial charge in [0, 0.05) is 56.9 Å². The monoisotopic (exact) mass is 325 g/mol. The minimum absolute atomic E-state index is 0.189. The van der Waals surface area contributed by atoms with Gasteiger partial charge in [0.1, 0.15) is 0 Å². The molecule has 2 aliphatic heterocycles. The summed E-state index contributed by atoms with van der Waals surface area (Å²) < 4.78 is 0. The Morgan fingerprint density at radius 3 is 3.00 bits per heavy atom. The van der Waals surface area contributed by atoms with Crippen molar-refractivity contribution in [2.24, 2.45) is 0 Å². The van der Waals surface area contributed by atoms with Crippen LogP contribution >= 0.6 is 23.1 Å². The van der Waals surface area contributed by atoms with E-state index in [4.69, 9.17) is 0 Å². The topological polar surface area (TPSA) is 35.6 Å². The molecule has 0 aromatic carbocycles. The van der Waals surface area contributed by atoms with Crippen LogP contribution in [0.25, 0.3) is 0 Å². The first-order chi connectivity index (χ1) is 10.2. The number of thiophene rings is 1. The number of piperazine rings is 1. The van der Waals surface area contributed by atoms with Crippen LogP contribution in [0.2, 0.25) is 0 Å². The smallest absolute Gasteiger partial charge is 0.263 e. The quantitative estimate of drug-likeness (QED) is 0.910. The molecule has 1 aromatic heterocycles. The SMILES string of the molecule is CN(CCN1CCNCC1)C(=O)c1cc2c(s1)CCSC2. The maximum Gasteiger partial charge on any atom is 0.263 e. The van der Waals surface area contributed by atoms with Crippen molar-refractivity contribution >= 4 is 29.0 Å². The van der Waals surface area contributed by atoms with Crippen LogP contribution in [-0.2, 0) is 12.2 Å². The molecule has 2 aliphatic rings. The van der Waals surface area contributed by atoms with Crippen LogP contribution in [0, 0.1) is 0 Å². The molecule has 1 saturated heterocycles. The maximum absolute atomic E-state index is 12.5. The van der Waals surface area contributed by atoms with E-state index in [1.165, 1.54) is 16.2 Å². The van der Waals surface area contributed by atoms with Crippen LogP contribution in [0.15, 0.2) is 6.07 Å². The summed E-state index contributed by atoms with van der Waals surface area (Å²) in [5.41, 5.74) is 1.38. The highest BCUT2D eigenvalue weighted by Crippen LogP contribution is 2.32. The number of carbonyl (C=O) groups is 1. The van der Waals surface area contributed by atoms with Gasteiger partial charge in [0.2, 0.25) is 0 Å². The fraction of sp³-hybridized carbons (Fsp3) is 0.667. The summed E-state index contributed by atoms with van der Waals surface area (Å²) in [7, 11) is 1.93. The van der Waals surface area contributed by atoms with Crippen molar-refractivity contribution in [2.75, 3.05) is 52.1 Å². The third kappa shape index (κ3) is 3.80. The zero-order valence-corrected chi connectivity index (χ0v) is 14.2. The summed E-state index contributed by atoms with van der Waals surface area (Å²) in [5.74, 6) is 2.46. The van der Waals surface area contributed by atoms with E-state index in [1.807, 2.05) is 23.7 Å². The summed E-state index contributed by atoms with van der Waals surface area (Å²) in [4.78, 5) is 19.2. The lowest BCUT2D eigenvalue weighted by molar-refractivity contribution is 0.0779. The Morgan fingerprint density at radius 2 is 2.24 bits per heavy atom. The first-order valence-corrected chi connectivity index (χ1v) is 9.59. The van der Waals surface area contributed by atoms with Crippen LogP contribution in [0.1, 0.15) is 20.1 Å². The van der Waals surface area contributed by atoms with E-state index in [2.05, 4.69) is 16.3 Å². The van der Waals surface area contributed by atoms with Gasteiger partial charge < -0.3 is 10.2 Å². The van der Waals surface area contributed by atoms with Crippen molar-refractivity contribution in [1.82, 2.24) is 15.1 Å². The van der Waals surface area contributed by atoms with Crippen LogP contribution in [0.3, 0.4) is 0 Å². The number of likely N-dealkylation sites (N-methyl/N-ethyl adjacent to an activating group) is 1. The number of amides is 1. The molecule has 4 nitrogen and oxygen atoms in total. The third-order valence-electron chi connectivity index (χ3n) is 4.15. The molecule has 0 aliphatic carbocycles. The molecule has 0 bridgehead atoms. The summed E-state index contributed by atoms with van der Waals surface area (Å²) in [6.07, 6.45) is 1.13. The van der Waals surface area contributed by atoms with E-state index in [0.29, 0.717) is 0 Å². The number of rotatable bonds is 4. The predicted molar refractivity (Wildman–Crippen MR) is 90.5 cm³/mol. The van der Waals surface area contributed by atoms with Crippen molar-refractivity contribution in [1.29, 1.82) is 0 Å². The Bertz CT molecular complexity index is 474. The molecule has 21 heavy (non-hydrogen) atoms. The van der Waals surface area contributed by atoms with Crippen LogP contribution in [0.4, 0.5) is 0 Å². The summed E-state index contributed by atoms with van der Waals surface area (Å²) in [6, 6.07) is 2.12. The largest absolute Gasteiger partial charge is 0.340 e. The van der Waals surface area contributed by atoms with Crippen molar-refractivity contribution in [2.45, 2.75) is 12.2 Å². The Kier molecular flexibility index (Phi) is 5.21. The average Bonchev–Trinajstić information content (AvgIpc) is 2.97. The van der Waals surface area contributed by atoms with Gasteiger partial charge in [-0.1, -0.05) is 0 Å². The van der Waals surface area contributed by atoms with Crippen LogP contribution in [-0.4, -0.2) is 67.8 Å². The normalized spacial score (nSPS) is 19.3. The molecule has 0 spiro atoms. The van der Waals surface area contributed by atoms with Gasteiger partial charge in [0.05, 0.1) is 4.88 Å². The molecule has 3 heterocycles. The van der Waals surface area contributed by atoms with E-state index in [0.717, 1.165) is 56.3 Å². The zero-order valence-electron chi connectivity index (χ0n) is 12.6. The van der Waals surface area contributed by atoms with Crippen LogP contribution in [0.5, 0.6) is 0 Å². The molecule has 0 atom stereocenters. The molecule has 0 unspecified atom stereocenters.